The Balaban J connectivity index is 1.64. The van der Waals surface area contributed by atoms with Crippen molar-refractivity contribution in [2.75, 3.05) is 32.8 Å². The standard InChI is InChI=1S/C20H24N2O6S/c1-3-27-20(24)22-12-10-21(11-13-22)19(23)17-9-8-16(28-17)14-29(25,26)18-7-5-4-6-15(18)2/h4-9H,3,10-14H2,1-2H3. The average Bonchev–Trinajstić information content (AvgIpc) is 3.15. The van der Waals surface area contributed by atoms with Gasteiger partial charge < -0.3 is 19.0 Å². The Labute approximate surface area is 170 Å². The lowest BCUT2D eigenvalue weighted by Crippen LogP contribution is -2.50. The second-order valence-corrected chi connectivity index (χ2v) is 8.73. The maximum Gasteiger partial charge on any atom is 0.409 e. The summed E-state index contributed by atoms with van der Waals surface area (Å²) in [6, 6.07) is 9.75. The molecule has 0 spiro atoms. The number of amides is 2. The molecule has 1 aromatic carbocycles. The quantitative estimate of drug-likeness (QED) is 0.737. The van der Waals surface area contributed by atoms with E-state index in [-0.39, 0.29) is 34.2 Å². The van der Waals surface area contributed by atoms with Gasteiger partial charge in [-0.25, -0.2) is 13.2 Å². The molecule has 1 aromatic heterocycles. The van der Waals surface area contributed by atoms with Gasteiger partial charge in [0.05, 0.1) is 11.5 Å². The van der Waals surface area contributed by atoms with Crippen LogP contribution in [0.2, 0.25) is 0 Å². The van der Waals surface area contributed by atoms with Gasteiger partial charge >= 0.3 is 6.09 Å². The van der Waals surface area contributed by atoms with Gasteiger partial charge in [0, 0.05) is 26.2 Å². The molecule has 0 unspecified atom stereocenters. The number of sulfone groups is 1. The number of ether oxygens (including phenoxy) is 1. The normalized spacial score (nSPS) is 14.7. The van der Waals surface area contributed by atoms with Gasteiger partial charge in [0.25, 0.3) is 5.91 Å². The Kier molecular flexibility index (Phi) is 6.26. The van der Waals surface area contributed by atoms with Crippen LogP contribution in [0, 0.1) is 6.92 Å². The molecule has 0 radical (unpaired) electrons. The van der Waals surface area contributed by atoms with E-state index < -0.39 is 9.84 Å². The molecule has 0 bridgehead atoms. The van der Waals surface area contributed by atoms with Gasteiger partial charge in [-0.15, -0.1) is 0 Å². The van der Waals surface area contributed by atoms with E-state index in [1.807, 2.05) is 0 Å². The van der Waals surface area contributed by atoms with E-state index in [1.165, 1.54) is 12.1 Å². The molecule has 2 heterocycles. The van der Waals surface area contributed by atoms with E-state index in [1.54, 1.807) is 47.9 Å². The van der Waals surface area contributed by atoms with Crippen molar-refractivity contribution in [3.05, 3.63) is 53.5 Å². The number of rotatable bonds is 5. The number of hydrogen-bond acceptors (Lipinski definition) is 6. The first-order chi connectivity index (χ1) is 13.8. The molecule has 2 aromatic rings. The zero-order valence-corrected chi connectivity index (χ0v) is 17.3. The predicted octanol–water partition coefficient (Wildman–Crippen LogP) is 2.48. The average molecular weight is 420 g/mol. The Hall–Kier alpha value is -2.81. The molecule has 1 saturated heterocycles. The molecule has 0 aliphatic carbocycles. The SMILES string of the molecule is CCOC(=O)N1CCN(C(=O)c2ccc(CS(=O)(=O)c3ccccc3C)o2)CC1. The van der Waals surface area contributed by atoms with E-state index >= 15 is 0 Å². The molecule has 1 fully saturated rings. The summed E-state index contributed by atoms with van der Waals surface area (Å²) in [5, 5.41) is 0. The lowest BCUT2D eigenvalue weighted by atomic mass is 10.2. The van der Waals surface area contributed by atoms with E-state index in [0.717, 1.165) is 0 Å². The summed E-state index contributed by atoms with van der Waals surface area (Å²) in [5.41, 5.74) is 0.662. The van der Waals surface area contributed by atoms with E-state index in [0.29, 0.717) is 38.3 Å². The fourth-order valence-corrected chi connectivity index (χ4v) is 4.73. The Morgan fingerprint density at radius 2 is 1.69 bits per heavy atom. The highest BCUT2D eigenvalue weighted by atomic mass is 32.2. The molecule has 0 N–H and O–H groups in total. The van der Waals surface area contributed by atoms with Crippen molar-refractivity contribution in [2.45, 2.75) is 24.5 Å². The summed E-state index contributed by atoms with van der Waals surface area (Å²) in [6.45, 7) is 5.24. The summed E-state index contributed by atoms with van der Waals surface area (Å²) < 4.78 is 35.8. The zero-order valence-electron chi connectivity index (χ0n) is 16.5. The zero-order chi connectivity index (χ0) is 21.0. The molecule has 1 aliphatic heterocycles. The van der Waals surface area contributed by atoms with Crippen LogP contribution in [0.25, 0.3) is 0 Å². The number of piperazine rings is 1. The molecule has 156 valence electrons. The second kappa shape index (κ2) is 8.69. The van der Waals surface area contributed by atoms with Gasteiger partial charge in [-0.05, 0) is 37.6 Å². The summed E-state index contributed by atoms with van der Waals surface area (Å²) in [5.74, 6) is -0.346. The van der Waals surface area contributed by atoms with Crippen LogP contribution in [-0.2, 0) is 20.3 Å². The Morgan fingerprint density at radius 3 is 2.34 bits per heavy atom. The number of hydrogen-bond donors (Lipinski definition) is 0. The number of furan rings is 1. The van der Waals surface area contributed by atoms with E-state index in [2.05, 4.69) is 0 Å². The van der Waals surface area contributed by atoms with Crippen LogP contribution < -0.4 is 0 Å². The molecule has 29 heavy (non-hydrogen) atoms. The largest absolute Gasteiger partial charge is 0.455 e. The van der Waals surface area contributed by atoms with Crippen LogP contribution in [0.15, 0.2) is 45.7 Å². The number of carbonyl (C=O) groups excluding carboxylic acids is 2. The maximum absolute atomic E-state index is 12.7. The van der Waals surface area contributed by atoms with Crippen molar-refractivity contribution in [2.24, 2.45) is 0 Å². The van der Waals surface area contributed by atoms with Gasteiger partial charge in [0.2, 0.25) is 0 Å². The highest BCUT2D eigenvalue weighted by molar-refractivity contribution is 7.90. The molecule has 8 nitrogen and oxygen atoms in total. The number of carbonyl (C=O) groups is 2. The third-order valence-corrected chi connectivity index (χ3v) is 6.52. The lowest BCUT2D eigenvalue weighted by Gasteiger charge is -2.33. The summed E-state index contributed by atoms with van der Waals surface area (Å²) in [4.78, 5) is 27.8. The Morgan fingerprint density at radius 1 is 1.03 bits per heavy atom. The first kappa shape index (κ1) is 20.9. The van der Waals surface area contributed by atoms with E-state index in [4.69, 9.17) is 9.15 Å². The van der Waals surface area contributed by atoms with Gasteiger partial charge in [-0.2, -0.15) is 0 Å². The minimum atomic E-state index is -3.58. The molecular formula is C20H24N2O6S. The summed E-state index contributed by atoms with van der Waals surface area (Å²) >= 11 is 0. The van der Waals surface area contributed by atoms with Crippen LogP contribution in [0.3, 0.4) is 0 Å². The maximum atomic E-state index is 12.7. The molecule has 0 saturated carbocycles. The highest BCUT2D eigenvalue weighted by Gasteiger charge is 2.27. The first-order valence-corrected chi connectivity index (χ1v) is 11.0. The number of benzene rings is 1. The molecule has 2 amide bonds. The van der Waals surface area contributed by atoms with Gasteiger partial charge in [0.15, 0.2) is 15.6 Å². The van der Waals surface area contributed by atoms with Gasteiger partial charge in [-0.3, -0.25) is 4.79 Å². The van der Waals surface area contributed by atoms with E-state index in [9.17, 15) is 18.0 Å². The molecule has 0 atom stereocenters. The molecule has 3 rings (SSSR count). The molecular weight excluding hydrogens is 396 g/mol. The second-order valence-electron chi connectivity index (χ2n) is 6.77. The van der Waals surface area contributed by atoms with Crippen molar-refractivity contribution in [3.63, 3.8) is 0 Å². The first-order valence-electron chi connectivity index (χ1n) is 9.40. The summed E-state index contributed by atoms with van der Waals surface area (Å²) in [7, 11) is -3.58. The van der Waals surface area contributed by atoms with Crippen LogP contribution in [0.4, 0.5) is 4.79 Å². The van der Waals surface area contributed by atoms with Crippen molar-refractivity contribution in [1.82, 2.24) is 9.80 Å². The summed E-state index contributed by atoms with van der Waals surface area (Å²) in [6.07, 6.45) is -0.388. The fourth-order valence-electron chi connectivity index (χ4n) is 3.20. The van der Waals surface area contributed by atoms with Crippen molar-refractivity contribution in [1.29, 1.82) is 0 Å². The minimum Gasteiger partial charge on any atom is -0.455 e. The van der Waals surface area contributed by atoms with Crippen molar-refractivity contribution in [3.8, 4) is 0 Å². The molecule has 9 heteroatoms. The third-order valence-electron chi connectivity index (χ3n) is 4.73. The van der Waals surface area contributed by atoms with Gasteiger partial charge in [0.1, 0.15) is 11.5 Å². The van der Waals surface area contributed by atoms with Crippen molar-refractivity contribution >= 4 is 21.8 Å². The number of nitrogens with zero attached hydrogens (tertiary/aromatic N) is 2. The Bertz CT molecular complexity index is 990. The topological polar surface area (TPSA) is 97.1 Å². The number of aryl methyl sites for hydroxylation is 1. The fraction of sp³-hybridized carbons (Fsp3) is 0.400. The van der Waals surface area contributed by atoms with Crippen LogP contribution in [0.5, 0.6) is 0 Å². The van der Waals surface area contributed by atoms with Gasteiger partial charge in [-0.1, -0.05) is 18.2 Å². The highest BCUT2D eigenvalue weighted by Crippen LogP contribution is 2.22. The van der Waals surface area contributed by atoms with Crippen molar-refractivity contribution < 1.29 is 27.2 Å². The third kappa shape index (κ3) is 4.79. The lowest BCUT2D eigenvalue weighted by molar-refractivity contribution is 0.0545. The minimum absolute atomic E-state index is 0.0876. The smallest absolute Gasteiger partial charge is 0.409 e. The van der Waals surface area contributed by atoms with Crippen LogP contribution >= 0.6 is 0 Å². The molecule has 1 aliphatic rings. The van der Waals surface area contributed by atoms with Crippen LogP contribution in [0.1, 0.15) is 28.8 Å². The monoisotopic (exact) mass is 420 g/mol. The predicted molar refractivity (Wildman–Crippen MR) is 105 cm³/mol. The van der Waals surface area contributed by atoms with Crippen LogP contribution in [-0.4, -0.2) is 63.0 Å².